The molecule has 3 aromatic carbocycles. The molecule has 1 aromatic heterocycles. The third-order valence-corrected chi connectivity index (χ3v) is 8.85. The normalized spacial score (nSPS) is 13.8. The summed E-state index contributed by atoms with van der Waals surface area (Å²) in [4.78, 5) is 27.2. The van der Waals surface area contributed by atoms with E-state index in [-0.39, 0.29) is 29.8 Å². The maximum absolute atomic E-state index is 13.8. The number of halogens is 1. The van der Waals surface area contributed by atoms with Gasteiger partial charge in [0.1, 0.15) is 17.1 Å². The molecule has 3 atom stereocenters. The second-order valence-electron chi connectivity index (χ2n) is 12.0. The van der Waals surface area contributed by atoms with Gasteiger partial charge in [-0.25, -0.2) is 17.5 Å². The summed E-state index contributed by atoms with van der Waals surface area (Å²) in [6.07, 6.45) is 1.56. The fourth-order valence-electron chi connectivity index (χ4n) is 4.75. The molecule has 4 N–H and O–H groups in total. The first-order chi connectivity index (χ1) is 22.0. The molecular weight excluding hydrogens is 627 g/mol. The van der Waals surface area contributed by atoms with E-state index in [1.165, 1.54) is 60.4 Å². The van der Waals surface area contributed by atoms with E-state index in [2.05, 4.69) is 20.9 Å². The molecule has 4 aromatic rings. The number of hydrogen-bond acceptors (Lipinski definition) is 8. The maximum atomic E-state index is 13.8. The van der Waals surface area contributed by atoms with Crippen LogP contribution in [0.5, 0.6) is 0 Å². The highest BCUT2D eigenvalue weighted by Crippen LogP contribution is 2.23. The van der Waals surface area contributed by atoms with Crippen LogP contribution in [0, 0.1) is 5.82 Å². The van der Waals surface area contributed by atoms with E-state index < -0.39 is 51.4 Å². The summed E-state index contributed by atoms with van der Waals surface area (Å²) in [6.45, 7) is 4.76. The van der Waals surface area contributed by atoms with Gasteiger partial charge in [0.25, 0.3) is 11.8 Å². The lowest BCUT2D eigenvalue weighted by Crippen LogP contribution is -2.46. The predicted molar refractivity (Wildman–Crippen MR) is 175 cm³/mol. The number of sulfonamides is 1. The summed E-state index contributed by atoms with van der Waals surface area (Å²) in [5.74, 6) is -1.67. The minimum absolute atomic E-state index is 0.0130. The van der Waals surface area contributed by atoms with E-state index in [1.807, 2.05) is 30.3 Å². The van der Waals surface area contributed by atoms with Crippen LogP contribution in [0.2, 0.25) is 0 Å². The van der Waals surface area contributed by atoms with Gasteiger partial charge >= 0.3 is 0 Å². The number of anilines is 1. The Morgan fingerprint density at radius 2 is 1.60 bits per heavy atom. The molecule has 0 radical (unpaired) electrons. The van der Waals surface area contributed by atoms with Crippen molar-refractivity contribution in [2.75, 3.05) is 17.6 Å². The minimum atomic E-state index is -3.77. The number of nitrogens with one attached hydrogen (secondary N) is 2. The van der Waals surface area contributed by atoms with Gasteiger partial charge in [-0.05, 0) is 68.7 Å². The van der Waals surface area contributed by atoms with E-state index in [1.54, 1.807) is 20.8 Å². The van der Waals surface area contributed by atoms with E-state index in [9.17, 15) is 32.6 Å². The first-order valence-corrected chi connectivity index (χ1v) is 16.7. The van der Waals surface area contributed by atoms with Crippen LogP contribution in [0.4, 0.5) is 10.1 Å². The molecule has 0 unspecified atom stereocenters. The van der Waals surface area contributed by atoms with Gasteiger partial charge in [0, 0.05) is 18.2 Å². The quantitative estimate of drug-likeness (QED) is 0.169. The van der Waals surface area contributed by atoms with E-state index in [0.717, 1.165) is 16.1 Å². The summed E-state index contributed by atoms with van der Waals surface area (Å²) in [5, 5.41) is 35.2. The summed E-state index contributed by atoms with van der Waals surface area (Å²) < 4.78 is 40.6. The zero-order chi connectivity index (χ0) is 34.5. The maximum Gasteiger partial charge on any atom is 0.251 e. The first-order valence-electron chi connectivity index (χ1n) is 14.8. The van der Waals surface area contributed by atoms with Crippen molar-refractivity contribution in [3.63, 3.8) is 0 Å². The number of hydrogen-bond donors (Lipinski definition) is 4. The topological polar surface area (TPSA) is 167 Å². The minimum Gasteiger partial charge on any atom is -0.389 e. The molecule has 0 fully saturated rings. The molecular formula is C33H39FN6O6S. The molecule has 0 saturated heterocycles. The van der Waals surface area contributed by atoms with Crippen molar-refractivity contribution in [1.82, 2.24) is 25.6 Å². The lowest BCUT2D eigenvalue weighted by molar-refractivity contribution is 0.0734. The van der Waals surface area contributed by atoms with Gasteiger partial charge in [-0.1, -0.05) is 47.7 Å². The highest BCUT2D eigenvalue weighted by atomic mass is 32.2. The Bertz CT molecular complexity index is 1810. The van der Waals surface area contributed by atoms with Gasteiger partial charge in [0.15, 0.2) is 0 Å². The Labute approximate surface area is 273 Å². The number of carbonyl (C=O) groups is 2. The Balaban J connectivity index is 1.64. The fraction of sp³-hybridized carbons (Fsp3) is 0.333. The number of benzene rings is 3. The van der Waals surface area contributed by atoms with Crippen LogP contribution in [0.3, 0.4) is 0 Å². The lowest BCUT2D eigenvalue weighted by atomic mass is 10.00. The number of carbonyl (C=O) groups excluding carboxylic acids is 2. The van der Waals surface area contributed by atoms with Crippen molar-refractivity contribution in [1.29, 1.82) is 0 Å². The molecule has 4 rings (SSSR count). The molecule has 0 saturated carbocycles. The van der Waals surface area contributed by atoms with Gasteiger partial charge in [-0.2, -0.15) is 0 Å². The average Bonchev–Trinajstić information content (AvgIpc) is 3.49. The van der Waals surface area contributed by atoms with Crippen molar-refractivity contribution in [3.05, 3.63) is 113 Å². The SMILES string of the molecule is C[C@@H](NC(=O)c1cc(C(=O)N[C@@H](Cc2ccccc2)[C@@H](O)Cn2cc(C(C)(C)O)nn2)cc(N(C)S(C)(=O)=O)c1)c1ccc(F)cc1. The Morgan fingerprint density at radius 1 is 1.00 bits per heavy atom. The molecule has 2 amide bonds. The van der Waals surface area contributed by atoms with Crippen LogP contribution in [0.1, 0.15) is 64.3 Å². The molecule has 14 heteroatoms. The molecule has 12 nitrogen and oxygen atoms in total. The average molecular weight is 667 g/mol. The van der Waals surface area contributed by atoms with Gasteiger partial charge in [0.2, 0.25) is 10.0 Å². The molecule has 0 bridgehead atoms. The van der Waals surface area contributed by atoms with E-state index >= 15 is 0 Å². The second-order valence-corrected chi connectivity index (χ2v) is 14.0. The molecule has 0 spiro atoms. The molecule has 0 aliphatic rings. The number of amides is 2. The standard InChI is InChI=1S/C33H39FN6O6S/c1-21(23-11-13-26(34)14-12-23)35-31(42)24-16-25(18-27(17-24)39(4)47(5,45)46)32(43)36-28(15-22-9-7-6-8-10-22)29(41)19-40-20-30(37-38-40)33(2,3)44/h6-14,16-18,20-21,28-29,41,44H,15,19H2,1-5H3,(H,35,42)(H,36,43)/t21-,28+,29+/m1/s1. The first kappa shape index (κ1) is 35.2. The summed E-state index contributed by atoms with van der Waals surface area (Å²) in [5.41, 5.74) is 0.592. The smallest absolute Gasteiger partial charge is 0.251 e. The van der Waals surface area contributed by atoms with Gasteiger partial charge in [-0.15, -0.1) is 5.10 Å². The molecule has 250 valence electrons. The van der Waals surface area contributed by atoms with Crippen LogP contribution < -0.4 is 14.9 Å². The fourth-order valence-corrected chi connectivity index (χ4v) is 5.24. The second kappa shape index (κ2) is 14.4. The molecule has 47 heavy (non-hydrogen) atoms. The monoisotopic (exact) mass is 666 g/mol. The van der Waals surface area contributed by atoms with Crippen LogP contribution in [-0.4, -0.2) is 70.9 Å². The molecule has 0 aliphatic heterocycles. The third kappa shape index (κ3) is 9.44. The zero-order valence-electron chi connectivity index (χ0n) is 26.8. The summed E-state index contributed by atoms with van der Waals surface area (Å²) in [6, 6.07) is 17.5. The largest absolute Gasteiger partial charge is 0.389 e. The van der Waals surface area contributed by atoms with Gasteiger partial charge in [-0.3, -0.25) is 13.9 Å². The number of rotatable bonds is 13. The van der Waals surface area contributed by atoms with E-state index in [0.29, 0.717) is 11.3 Å². The van der Waals surface area contributed by atoms with Gasteiger partial charge in [0.05, 0.1) is 42.9 Å². The zero-order valence-corrected chi connectivity index (χ0v) is 27.6. The Morgan fingerprint density at radius 3 is 2.15 bits per heavy atom. The number of aliphatic hydroxyl groups is 2. The number of aliphatic hydroxyl groups excluding tert-OH is 1. The van der Waals surface area contributed by atoms with Crippen molar-refractivity contribution in [2.24, 2.45) is 0 Å². The Kier molecular flexibility index (Phi) is 10.8. The van der Waals surface area contributed by atoms with Crippen LogP contribution in [0.15, 0.2) is 79.0 Å². The number of nitrogens with zero attached hydrogens (tertiary/aromatic N) is 4. The highest BCUT2D eigenvalue weighted by Gasteiger charge is 2.27. The lowest BCUT2D eigenvalue weighted by Gasteiger charge is -2.25. The Hall–Kier alpha value is -4.66. The van der Waals surface area contributed by atoms with Crippen LogP contribution in [0.25, 0.3) is 0 Å². The predicted octanol–water partition coefficient (Wildman–Crippen LogP) is 2.93. The molecule has 1 heterocycles. The van der Waals surface area contributed by atoms with Crippen molar-refractivity contribution >= 4 is 27.5 Å². The van der Waals surface area contributed by atoms with Crippen molar-refractivity contribution in [2.45, 2.75) is 57.5 Å². The summed E-state index contributed by atoms with van der Waals surface area (Å²) >= 11 is 0. The summed E-state index contributed by atoms with van der Waals surface area (Å²) in [7, 11) is -2.47. The number of aromatic nitrogens is 3. The highest BCUT2D eigenvalue weighted by molar-refractivity contribution is 7.92. The van der Waals surface area contributed by atoms with Crippen LogP contribution in [-0.2, 0) is 28.6 Å². The van der Waals surface area contributed by atoms with Crippen molar-refractivity contribution < 1.29 is 32.6 Å². The molecule has 0 aliphatic carbocycles. The van der Waals surface area contributed by atoms with Crippen molar-refractivity contribution in [3.8, 4) is 0 Å². The van der Waals surface area contributed by atoms with E-state index in [4.69, 9.17) is 0 Å². The third-order valence-electron chi connectivity index (χ3n) is 7.64. The van der Waals surface area contributed by atoms with Gasteiger partial charge < -0.3 is 20.8 Å². The van der Waals surface area contributed by atoms with Crippen LogP contribution >= 0.6 is 0 Å².